The van der Waals surface area contributed by atoms with Gasteiger partial charge < -0.3 is 24.8 Å². The van der Waals surface area contributed by atoms with Crippen molar-refractivity contribution in [2.75, 3.05) is 62.1 Å². The smallest absolute Gasteiger partial charge is 0.418 e. The minimum atomic E-state index is -5.04. The fourth-order valence-electron chi connectivity index (χ4n) is 8.15. The summed E-state index contributed by atoms with van der Waals surface area (Å²) < 4.78 is 118. The molecule has 2 N–H and O–H groups in total. The molecule has 8 rings (SSSR count). The predicted octanol–water partition coefficient (Wildman–Crippen LogP) is 4.20. The Labute approximate surface area is 276 Å². The van der Waals surface area contributed by atoms with Crippen molar-refractivity contribution in [2.45, 2.75) is 54.7 Å². The second-order valence-electron chi connectivity index (χ2n) is 13.7. The summed E-state index contributed by atoms with van der Waals surface area (Å²) in [5.41, 5.74) is -0.486. The monoisotopic (exact) mass is 716 g/mol. The van der Waals surface area contributed by atoms with Crippen LogP contribution in [0.25, 0.3) is 22.2 Å². The quantitative estimate of drug-likeness (QED) is 0.308. The van der Waals surface area contributed by atoms with E-state index in [0.29, 0.717) is 13.0 Å². The van der Waals surface area contributed by atoms with E-state index in [9.17, 15) is 26.0 Å². The van der Waals surface area contributed by atoms with Gasteiger partial charge in [0.2, 0.25) is 5.88 Å². The molecule has 1 aromatic carbocycles. The number of pyridine rings is 1. The highest BCUT2D eigenvalue weighted by Gasteiger charge is 2.60. The van der Waals surface area contributed by atoms with E-state index in [1.54, 1.807) is 11.9 Å². The lowest BCUT2D eigenvalue weighted by Gasteiger charge is -2.55. The summed E-state index contributed by atoms with van der Waals surface area (Å²) in [4.78, 5) is 17.0. The Morgan fingerprint density at radius 3 is 2.60 bits per heavy atom. The Balaban J connectivity index is 1.35. The van der Waals surface area contributed by atoms with E-state index in [1.807, 2.05) is 4.90 Å². The molecule has 5 aliphatic rings. The Bertz CT molecular complexity index is 1970. The van der Waals surface area contributed by atoms with Crippen molar-refractivity contribution in [3.63, 3.8) is 0 Å². The lowest BCUT2D eigenvalue weighted by atomic mass is 9.81. The van der Waals surface area contributed by atoms with Crippen molar-refractivity contribution < 1.29 is 44.6 Å². The lowest BCUT2D eigenvalue weighted by Crippen LogP contribution is -2.71. The maximum Gasteiger partial charge on any atom is 0.418 e. The number of fused-ring (bicyclic) bond motifs is 1. The van der Waals surface area contributed by atoms with E-state index in [1.165, 1.54) is 0 Å². The van der Waals surface area contributed by atoms with Crippen molar-refractivity contribution in [1.29, 1.82) is 0 Å². The zero-order valence-electron chi connectivity index (χ0n) is 25.5. The van der Waals surface area contributed by atoms with Crippen LogP contribution < -0.4 is 20.1 Å². The first kappa shape index (κ1) is 32.0. The van der Waals surface area contributed by atoms with Gasteiger partial charge in [0.25, 0.3) is 0 Å². The molecule has 7 heterocycles. The van der Waals surface area contributed by atoms with Crippen LogP contribution in [0, 0.1) is 5.82 Å². The van der Waals surface area contributed by atoms with Gasteiger partial charge in [-0.3, -0.25) is 4.90 Å². The average Bonchev–Trinajstić information content (AvgIpc) is 3.47. The molecule has 2 spiro atoms. The van der Waals surface area contributed by atoms with Crippen molar-refractivity contribution in [3.05, 3.63) is 28.5 Å². The third kappa shape index (κ3) is 4.86. The van der Waals surface area contributed by atoms with Crippen LogP contribution in [-0.2, 0) is 20.8 Å². The van der Waals surface area contributed by atoms with Gasteiger partial charge in [0.1, 0.15) is 40.8 Å². The summed E-state index contributed by atoms with van der Waals surface area (Å²) in [6, 6.07) is 1.52. The van der Waals surface area contributed by atoms with Crippen LogP contribution in [0.4, 0.5) is 33.5 Å². The highest BCUT2D eigenvalue weighted by atomic mass is 35.5. The van der Waals surface area contributed by atoms with E-state index in [2.05, 4.69) is 15.0 Å². The molecule has 2 aromatic heterocycles. The van der Waals surface area contributed by atoms with Gasteiger partial charge in [-0.05, 0) is 31.5 Å². The summed E-state index contributed by atoms with van der Waals surface area (Å²) in [6.45, 7) is 1.32. The molecule has 2 atom stereocenters. The first-order valence-electron chi connectivity index (χ1n) is 15.3. The van der Waals surface area contributed by atoms with Crippen LogP contribution in [0.3, 0.4) is 0 Å². The molecule has 48 heavy (non-hydrogen) atoms. The Morgan fingerprint density at radius 1 is 1.19 bits per heavy atom. The highest BCUT2D eigenvalue weighted by Crippen LogP contribution is 2.51. The van der Waals surface area contributed by atoms with Crippen LogP contribution in [0.5, 0.6) is 11.9 Å². The van der Waals surface area contributed by atoms with Crippen LogP contribution in [0.1, 0.15) is 31.2 Å². The number of hydrogen-bond acceptors (Lipinski definition) is 11. The van der Waals surface area contributed by atoms with Gasteiger partial charge in [-0.2, -0.15) is 23.1 Å². The number of anilines is 2. The fraction of sp³-hybridized carbons (Fsp3) is 0.567. The molecule has 0 bridgehead atoms. The number of nitrogens with zero attached hydrogens (tertiary/aromatic N) is 5. The molecule has 5 aliphatic heterocycles. The van der Waals surface area contributed by atoms with Crippen LogP contribution in [-0.4, -0.2) is 103 Å². The summed E-state index contributed by atoms with van der Waals surface area (Å²) in [6.07, 6.45) is -4.17. The molecular weight excluding hydrogens is 687 g/mol. The summed E-state index contributed by atoms with van der Waals surface area (Å²) in [5, 5.41) is -0.860. The third-order valence-electron chi connectivity index (χ3n) is 10.3. The average molecular weight is 717 g/mol. The maximum atomic E-state index is 16.8. The zero-order valence-corrected chi connectivity index (χ0v) is 27.1. The Morgan fingerprint density at radius 2 is 1.94 bits per heavy atom. The summed E-state index contributed by atoms with van der Waals surface area (Å²) in [5.74, 6) is -2.31. The number of ether oxygens (including phenoxy) is 3. The first-order valence-corrected chi connectivity index (χ1v) is 17.5. The Kier molecular flexibility index (Phi) is 6.90. The SMILES string of the molecule is CN1c2nc(OC[C@@]34CCCN3C[C@H](F)C4)nc3c(F)c(-c4cc(N)cc(Cl)c4C(F)(F)F)nc(c23)OC2(CC13COC3)CS(=O)(=O)C2. The maximum absolute atomic E-state index is 16.8. The summed E-state index contributed by atoms with van der Waals surface area (Å²) in [7, 11) is -1.83. The fourth-order valence-corrected chi connectivity index (χ4v) is 10.3. The van der Waals surface area contributed by atoms with Crippen molar-refractivity contribution in [3.8, 4) is 23.1 Å². The number of alkyl halides is 4. The van der Waals surface area contributed by atoms with E-state index in [-0.39, 0.29) is 68.0 Å². The van der Waals surface area contributed by atoms with Crippen LogP contribution >= 0.6 is 11.6 Å². The topological polar surface area (TPSA) is 133 Å². The highest BCUT2D eigenvalue weighted by molar-refractivity contribution is 7.93. The molecule has 0 aliphatic carbocycles. The van der Waals surface area contributed by atoms with Gasteiger partial charge in [0, 0.05) is 37.7 Å². The Hall–Kier alpha value is -3.28. The van der Waals surface area contributed by atoms with Gasteiger partial charge in [-0.1, -0.05) is 11.6 Å². The van der Waals surface area contributed by atoms with Gasteiger partial charge in [0.15, 0.2) is 15.7 Å². The number of aromatic nitrogens is 3. The molecular formula is C30H30ClF5N6O5S. The largest absolute Gasteiger partial charge is 0.468 e. The molecule has 0 radical (unpaired) electrons. The van der Waals surface area contributed by atoms with Gasteiger partial charge >= 0.3 is 12.2 Å². The van der Waals surface area contributed by atoms with Crippen molar-refractivity contribution in [1.82, 2.24) is 19.9 Å². The second kappa shape index (κ2) is 10.4. The number of sulfone groups is 1. The molecule has 0 saturated carbocycles. The number of hydrogen-bond donors (Lipinski definition) is 1. The van der Waals surface area contributed by atoms with Gasteiger partial charge in [0.05, 0.1) is 46.4 Å². The summed E-state index contributed by atoms with van der Waals surface area (Å²) >= 11 is 6.02. The number of nitrogen functional groups attached to an aromatic ring is 1. The van der Waals surface area contributed by atoms with E-state index >= 15 is 4.39 Å². The predicted molar refractivity (Wildman–Crippen MR) is 164 cm³/mol. The third-order valence-corrected chi connectivity index (χ3v) is 12.5. The lowest BCUT2D eigenvalue weighted by molar-refractivity contribution is -0.137. The van der Waals surface area contributed by atoms with Crippen molar-refractivity contribution >= 4 is 43.8 Å². The minimum absolute atomic E-state index is 0.00325. The number of nitrogens with two attached hydrogens (primary N) is 1. The number of likely N-dealkylation sites (N-methyl/N-ethyl adjacent to an activating group) is 1. The van der Waals surface area contributed by atoms with E-state index < -0.39 is 83.5 Å². The van der Waals surface area contributed by atoms with Crippen LogP contribution in [0.2, 0.25) is 5.02 Å². The zero-order chi connectivity index (χ0) is 34.0. The molecule has 4 fully saturated rings. The first-order chi connectivity index (χ1) is 22.5. The van der Waals surface area contributed by atoms with Crippen LogP contribution in [0.15, 0.2) is 12.1 Å². The number of benzene rings is 1. The molecule has 18 heteroatoms. The molecule has 0 amide bonds. The number of rotatable bonds is 4. The molecule has 3 aromatic rings. The number of halogens is 6. The molecule has 4 saturated heterocycles. The van der Waals surface area contributed by atoms with Gasteiger partial charge in [-0.25, -0.2) is 22.2 Å². The normalized spacial score (nSPS) is 26.9. The van der Waals surface area contributed by atoms with Gasteiger partial charge in [-0.15, -0.1) is 0 Å². The standard InChI is InChI=1S/C30H30ClF5N6O5S/c1-41-24-19-23(39-26(40-24)46-12-27-3-2-4-42(27)8-15(32)7-27)21(33)22(17-5-16(37)6-18(31)20(17)30(34,35)36)38-25(19)47-29(13-48(43,44)14-29)9-28(41)10-45-11-28/h5-6,15H,2-4,7-14,37H2,1H3/t15-,27+/m1/s1. The molecule has 258 valence electrons. The second-order valence-corrected chi connectivity index (χ2v) is 16.2. The van der Waals surface area contributed by atoms with E-state index in [0.717, 1.165) is 18.6 Å². The van der Waals surface area contributed by atoms with E-state index in [4.69, 9.17) is 31.5 Å². The molecule has 0 unspecified atom stereocenters. The van der Waals surface area contributed by atoms with Crippen molar-refractivity contribution in [2.24, 2.45) is 0 Å². The minimum Gasteiger partial charge on any atom is -0.468 e. The molecule has 11 nitrogen and oxygen atoms in total.